The van der Waals surface area contributed by atoms with Gasteiger partial charge in [0.15, 0.2) is 11.5 Å². The van der Waals surface area contributed by atoms with E-state index in [-0.39, 0.29) is 25.6 Å². The van der Waals surface area contributed by atoms with Gasteiger partial charge in [0, 0.05) is 12.6 Å². The number of fused-ring (bicyclic) bond motifs is 1. The lowest BCUT2D eigenvalue weighted by atomic mass is 10.1. The third-order valence-electron chi connectivity index (χ3n) is 4.91. The molecular weight excluding hydrogens is 464 g/mol. The highest BCUT2D eigenvalue weighted by atomic mass is 16.7. The van der Waals surface area contributed by atoms with Gasteiger partial charge in [0.2, 0.25) is 6.79 Å². The zero-order valence-corrected chi connectivity index (χ0v) is 20.1. The number of carbonyl (C=O) groups is 2. The molecule has 190 valence electrons. The van der Waals surface area contributed by atoms with Crippen LogP contribution in [0.5, 0.6) is 11.5 Å². The second kappa shape index (κ2) is 10.6. The van der Waals surface area contributed by atoms with Gasteiger partial charge in [-0.05, 0) is 33.8 Å². The van der Waals surface area contributed by atoms with E-state index >= 15 is 0 Å². The molecule has 0 radical (unpaired) electrons. The fraction of sp³-hybridized carbons (Fsp3) is 0.500. The Kier molecular flexibility index (Phi) is 7.79. The quantitative estimate of drug-likeness (QED) is 0.314. The van der Waals surface area contributed by atoms with Gasteiger partial charge in [0.1, 0.15) is 18.4 Å². The molecule has 0 saturated heterocycles. The number of nitrogens with zero attached hydrogens (tertiary/aromatic N) is 3. The maximum absolute atomic E-state index is 12.1. The lowest BCUT2D eigenvalue weighted by Gasteiger charge is -2.22. The van der Waals surface area contributed by atoms with E-state index in [2.05, 4.69) is 10.3 Å². The third kappa shape index (κ3) is 6.82. The van der Waals surface area contributed by atoms with Crippen molar-refractivity contribution >= 4 is 17.7 Å². The molecule has 3 rings (SSSR count). The highest BCUT2D eigenvalue weighted by Crippen LogP contribution is 2.40. The van der Waals surface area contributed by atoms with E-state index in [0.717, 1.165) is 0 Å². The molecule has 0 bridgehead atoms. The molecule has 0 fully saturated rings. The maximum atomic E-state index is 12.1. The maximum Gasteiger partial charge on any atom is 0.408 e. The van der Waals surface area contributed by atoms with Gasteiger partial charge in [-0.2, -0.15) is 0 Å². The van der Waals surface area contributed by atoms with Crippen LogP contribution in [0.25, 0.3) is 0 Å². The fourth-order valence-corrected chi connectivity index (χ4v) is 3.30. The smallest absolute Gasteiger partial charge is 0.408 e. The number of nitro groups is 1. The van der Waals surface area contributed by atoms with E-state index < -0.39 is 34.7 Å². The first-order valence-electron chi connectivity index (χ1n) is 10.7. The number of nitrogens with one attached hydrogen (secondary N) is 1. The van der Waals surface area contributed by atoms with Gasteiger partial charge in [0.25, 0.3) is 5.69 Å². The van der Waals surface area contributed by atoms with Crippen LogP contribution in [0.3, 0.4) is 0 Å². The Hall–Kier alpha value is -3.87. The molecule has 0 aliphatic carbocycles. The molecule has 1 aliphatic rings. The Balaban J connectivity index is 1.64. The van der Waals surface area contributed by atoms with Crippen molar-refractivity contribution in [3.8, 4) is 11.5 Å². The number of nitro benzene ring substituents is 1. The molecule has 0 spiro atoms. The van der Waals surface area contributed by atoms with E-state index in [1.54, 1.807) is 38.5 Å². The van der Waals surface area contributed by atoms with Crippen molar-refractivity contribution in [3.05, 3.63) is 46.0 Å². The lowest BCUT2D eigenvalue weighted by Crippen LogP contribution is -2.45. The Bertz CT molecular complexity index is 1090. The summed E-state index contributed by atoms with van der Waals surface area (Å²) in [6, 6.07) is 1.85. The topological polar surface area (TPSA) is 153 Å². The molecule has 1 aromatic heterocycles. The summed E-state index contributed by atoms with van der Waals surface area (Å²) in [5, 5.41) is 14.0. The van der Waals surface area contributed by atoms with Crippen LogP contribution in [0.2, 0.25) is 0 Å². The molecule has 1 amide bonds. The zero-order valence-electron chi connectivity index (χ0n) is 20.1. The number of alkyl carbamates (subject to hydrolysis) is 1. The summed E-state index contributed by atoms with van der Waals surface area (Å²) >= 11 is 0. The fourth-order valence-electron chi connectivity index (χ4n) is 3.30. The number of imidazole rings is 1. The number of hydrogen-bond donors (Lipinski definition) is 1. The van der Waals surface area contributed by atoms with E-state index in [0.29, 0.717) is 22.8 Å². The molecule has 2 heterocycles. The van der Waals surface area contributed by atoms with Crippen molar-refractivity contribution in [1.29, 1.82) is 0 Å². The van der Waals surface area contributed by atoms with Crippen molar-refractivity contribution in [2.75, 3.05) is 13.9 Å². The molecule has 35 heavy (non-hydrogen) atoms. The molecule has 1 N–H and O–H groups in total. The summed E-state index contributed by atoms with van der Waals surface area (Å²) < 4.78 is 27.9. The number of methoxy groups -OCH3 is 1. The minimum atomic E-state index is -1.01. The highest BCUT2D eigenvalue weighted by Gasteiger charge is 2.28. The summed E-state index contributed by atoms with van der Waals surface area (Å²) in [4.78, 5) is 39.5. The Morgan fingerprint density at radius 2 is 1.97 bits per heavy atom. The minimum Gasteiger partial charge on any atom is -0.467 e. The molecule has 2 aromatic rings. The summed E-state index contributed by atoms with van der Waals surface area (Å²) in [5.41, 5.74) is -0.0381. The van der Waals surface area contributed by atoms with Crippen LogP contribution in [-0.4, -0.2) is 52.1 Å². The van der Waals surface area contributed by atoms with Crippen LogP contribution < -0.4 is 14.8 Å². The zero-order chi connectivity index (χ0) is 25.8. The van der Waals surface area contributed by atoms with Gasteiger partial charge in [0.05, 0.1) is 41.8 Å². The number of esters is 1. The first-order valence-corrected chi connectivity index (χ1v) is 10.7. The summed E-state index contributed by atoms with van der Waals surface area (Å²) in [6.07, 6.45) is 1.77. The monoisotopic (exact) mass is 492 g/mol. The second-order valence-corrected chi connectivity index (χ2v) is 8.76. The van der Waals surface area contributed by atoms with E-state index in [9.17, 15) is 19.7 Å². The summed E-state index contributed by atoms with van der Waals surface area (Å²) in [7, 11) is 1.22. The third-order valence-corrected chi connectivity index (χ3v) is 4.91. The Labute approximate surface area is 201 Å². The Morgan fingerprint density at radius 1 is 1.29 bits per heavy atom. The van der Waals surface area contributed by atoms with Crippen molar-refractivity contribution in [1.82, 2.24) is 14.9 Å². The number of ether oxygens (including phenoxy) is 5. The largest absolute Gasteiger partial charge is 0.467 e. The first-order chi connectivity index (χ1) is 16.5. The second-order valence-electron chi connectivity index (χ2n) is 8.76. The van der Waals surface area contributed by atoms with Gasteiger partial charge in [-0.3, -0.25) is 10.1 Å². The van der Waals surface area contributed by atoms with Gasteiger partial charge < -0.3 is 33.6 Å². The average molecular weight is 492 g/mol. The molecule has 1 unspecified atom stereocenters. The number of rotatable bonds is 9. The molecule has 2 atom stereocenters. The molecule has 13 heteroatoms. The van der Waals surface area contributed by atoms with Crippen LogP contribution in [-0.2, 0) is 32.2 Å². The van der Waals surface area contributed by atoms with Crippen LogP contribution in [0.4, 0.5) is 10.5 Å². The summed E-state index contributed by atoms with van der Waals surface area (Å²) in [5.74, 6) is 0.0785. The molecule has 0 saturated carbocycles. The van der Waals surface area contributed by atoms with Crippen molar-refractivity contribution in [3.63, 3.8) is 0 Å². The average Bonchev–Trinajstić information content (AvgIpc) is 3.42. The lowest BCUT2D eigenvalue weighted by molar-refractivity contribution is -0.386. The number of aromatic nitrogens is 2. The number of hydrogen-bond acceptors (Lipinski definition) is 10. The van der Waals surface area contributed by atoms with Crippen LogP contribution in [0, 0.1) is 10.1 Å². The van der Waals surface area contributed by atoms with Crippen molar-refractivity contribution in [2.45, 2.75) is 58.6 Å². The van der Waals surface area contributed by atoms with Crippen molar-refractivity contribution < 1.29 is 38.2 Å². The normalized spacial score (nSPS) is 14.2. The first kappa shape index (κ1) is 25.7. The molecule has 1 aliphatic heterocycles. The predicted octanol–water partition coefficient (Wildman–Crippen LogP) is 2.86. The van der Waals surface area contributed by atoms with Crippen LogP contribution in [0.15, 0.2) is 24.7 Å². The van der Waals surface area contributed by atoms with Gasteiger partial charge >= 0.3 is 12.1 Å². The van der Waals surface area contributed by atoms with Gasteiger partial charge in [-0.1, -0.05) is 0 Å². The number of benzene rings is 1. The summed E-state index contributed by atoms with van der Waals surface area (Å²) in [6.45, 7) is 6.84. The van der Waals surface area contributed by atoms with E-state index in [1.165, 1.54) is 25.6 Å². The van der Waals surface area contributed by atoms with Gasteiger partial charge in [-0.25, -0.2) is 14.6 Å². The molecule has 13 nitrogen and oxygen atoms in total. The van der Waals surface area contributed by atoms with Crippen LogP contribution in [0.1, 0.15) is 45.1 Å². The Morgan fingerprint density at radius 3 is 2.60 bits per heavy atom. The highest BCUT2D eigenvalue weighted by molar-refractivity contribution is 5.81. The SMILES string of the molecule is COC(=O)[C@H](Cc1cn(COC(C)c2cc3c(cc2[N+](=O)[O-])OCO3)cn1)NC(=O)OC(C)(C)C. The van der Waals surface area contributed by atoms with E-state index in [4.69, 9.17) is 23.7 Å². The van der Waals surface area contributed by atoms with Crippen LogP contribution >= 0.6 is 0 Å². The van der Waals surface area contributed by atoms with Gasteiger partial charge in [-0.15, -0.1) is 0 Å². The van der Waals surface area contributed by atoms with Crippen molar-refractivity contribution in [2.24, 2.45) is 0 Å². The van der Waals surface area contributed by atoms with E-state index in [1.807, 2.05) is 0 Å². The minimum absolute atomic E-state index is 0.00164. The number of carbonyl (C=O) groups excluding carboxylic acids is 2. The number of amides is 1. The molecule has 1 aromatic carbocycles. The standard InChI is InChI=1S/C22H28N4O9/c1-13(15-7-18-19(34-12-33-18)8-17(15)26(29)30)32-11-25-9-14(23-10-25)6-16(20(27)31-5)24-21(28)35-22(2,3)4/h7-10,13,16H,6,11-12H2,1-5H3,(H,24,28)/t13?,16-/m0/s1. The molecular formula is C22H28N4O9. The predicted molar refractivity (Wildman–Crippen MR) is 120 cm³/mol.